The number of aromatic nitrogens is 4. The van der Waals surface area contributed by atoms with Crippen LogP contribution >= 0.6 is 0 Å². The summed E-state index contributed by atoms with van der Waals surface area (Å²) in [4.78, 5) is 30.9. The SMILES string of the molecule is CCCC(Oc1cnc(-n2cc(C(F)(F)F)cn2)nc1)c1ccc(C(=O)CCCC(=O)O)cc1. The molecule has 0 radical (unpaired) electrons. The van der Waals surface area contributed by atoms with Gasteiger partial charge in [0.1, 0.15) is 6.10 Å². The molecule has 1 N–H and O–H groups in total. The van der Waals surface area contributed by atoms with E-state index in [1.165, 1.54) is 12.4 Å². The van der Waals surface area contributed by atoms with E-state index in [1.54, 1.807) is 24.3 Å². The predicted octanol–water partition coefficient (Wildman–Crippen LogP) is 5.04. The van der Waals surface area contributed by atoms with E-state index in [2.05, 4.69) is 15.1 Å². The zero-order chi connectivity index (χ0) is 24.7. The summed E-state index contributed by atoms with van der Waals surface area (Å²) in [6.07, 6.45) is 1.24. The number of carbonyl (C=O) groups excluding carboxylic acids is 1. The van der Waals surface area contributed by atoms with E-state index in [-0.39, 0.29) is 37.1 Å². The Morgan fingerprint density at radius 3 is 2.32 bits per heavy atom. The normalized spacial score (nSPS) is 12.4. The smallest absolute Gasteiger partial charge is 0.419 e. The molecule has 0 saturated carbocycles. The number of alkyl halides is 3. The Kier molecular flexibility index (Phi) is 7.98. The zero-order valence-electron chi connectivity index (χ0n) is 18.3. The van der Waals surface area contributed by atoms with Crippen LogP contribution in [0.25, 0.3) is 5.95 Å². The summed E-state index contributed by atoms with van der Waals surface area (Å²) in [6.45, 7) is 1.99. The van der Waals surface area contributed by atoms with Gasteiger partial charge in [0, 0.05) is 24.6 Å². The molecule has 0 spiro atoms. The van der Waals surface area contributed by atoms with Crippen LogP contribution in [0.15, 0.2) is 49.1 Å². The highest BCUT2D eigenvalue weighted by Gasteiger charge is 2.32. The predicted molar refractivity (Wildman–Crippen MR) is 115 cm³/mol. The molecule has 0 aliphatic carbocycles. The third-order valence-corrected chi connectivity index (χ3v) is 4.96. The summed E-state index contributed by atoms with van der Waals surface area (Å²) in [5.41, 5.74) is 0.424. The maximum atomic E-state index is 12.8. The number of nitrogens with zero attached hydrogens (tertiary/aromatic N) is 4. The lowest BCUT2D eigenvalue weighted by atomic mass is 10.00. The van der Waals surface area contributed by atoms with Crippen LogP contribution in [0.1, 0.15) is 66.6 Å². The minimum Gasteiger partial charge on any atom is -0.482 e. The maximum absolute atomic E-state index is 12.8. The van der Waals surface area contributed by atoms with Crippen LogP contribution in [-0.4, -0.2) is 36.6 Å². The number of halogens is 3. The van der Waals surface area contributed by atoms with Crippen molar-refractivity contribution in [2.45, 2.75) is 51.3 Å². The van der Waals surface area contributed by atoms with Gasteiger partial charge in [0.2, 0.25) is 0 Å². The maximum Gasteiger partial charge on any atom is 0.419 e. The number of carboxylic acid groups (broad SMARTS) is 1. The van der Waals surface area contributed by atoms with Crippen LogP contribution in [0, 0.1) is 0 Å². The number of ketones is 1. The van der Waals surface area contributed by atoms with Gasteiger partial charge in [-0.2, -0.15) is 18.3 Å². The molecule has 0 saturated heterocycles. The number of carboxylic acids is 1. The average molecular weight is 476 g/mol. The summed E-state index contributed by atoms with van der Waals surface area (Å²) in [5.74, 6) is -0.757. The van der Waals surface area contributed by atoms with Crippen molar-refractivity contribution in [2.24, 2.45) is 0 Å². The van der Waals surface area contributed by atoms with E-state index in [4.69, 9.17) is 9.84 Å². The fourth-order valence-corrected chi connectivity index (χ4v) is 3.22. The number of hydrogen-bond acceptors (Lipinski definition) is 6. The molecule has 34 heavy (non-hydrogen) atoms. The largest absolute Gasteiger partial charge is 0.482 e. The highest BCUT2D eigenvalue weighted by Crippen LogP contribution is 2.29. The quantitative estimate of drug-likeness (QED) is 0.386. The molecule has 3 rings (SSSR count). The Hall–Kier alpha value is -3.76. The molecular weight excluding hydrogens is 453 g/mol. The fourth-order valence-electron chi connectivity index (χ4n) is 3.22. The van der Waals surface area contributed by atoms with Gasteiger partial charge in [0.25, 0.3) is 5.95 Å². The zero-order valence-corrected chi connectivity index (χ0v) is 18.3. The second-order valence-corrected chi connectivity index (χ2v) is 7.58. The molecule has 0 aliphatic rings. The minimum atomic E-state index is -4.51. The van der Waals surface area contributed by atoms with Gasteiger partial charge in [-0.05, 0) is 18.4 Å². The Morgan fingerprint density at radius 2 is 1.76 bits per heavy atom. The van der Waals surface area contributed by atoms with Crippen molar-refractivity contribution in [1.29, 1.82) is 0 Å². The van der Waals surface area contributed by atoms with Gasteiger partial charge in [0.05, 0.1) is 24.2 Å². The monoisotopic (exact) mass is 476 g/mol. The van der Waals surface area contributed by atoms with Gasteiger partial charge in [0.15, 0.2) is 11.5 Å². The Bertz CT molecular complexity index is 1110. The summed E-state index contributed by atoms with van der Waals surface area (Å²) >= 11 is 0. The molecule has 3 aromatic rings. The standard InChI is InChI=1S/C23H23F3N4O4/c1-2-4-20(16-9-7-15(8-10-16)19(31)5-3-6-21(32)33)34-18-12-27-22(28-13-18)30-14-17(11-29-30)23(24,25)26/h7-14,20H,2-6H2,1H3,(H,32,33). The Labute approximate surface area is 193 Å². The molecule has 1 unspecified atom stereocenters. The number of Topliss-reactive ketones (excluding diaryl/α,β-unsaturated/α-hetero) is 1. The van der Waals surface area contributed by atoms with Crippen LogP contribution in [-0.2, 0) is 11.0 Å². The van der Waals surface area contributed by atoms with E-state index in [9.17, 15) is 22.8 Å². The summed E-state index contributed by atoms with van der Waals surface area (Å²) in [6, 6.07) is 6.92. The number of carbonyl (C=O) groups is 2. The first kappa shape index (κ1) is 24.9. The number of hydrogen-bond donors (Lipinski definition) is 1. The van der Waals surface area contributed by atoms with Crippen molar-refractivity contribution in [1.82, 2.24) is 19.7 Å². The van der Waals surface area contributed by atoms with Crippen molar-refractivity contribution >= 4 is 11.8 Å². The Balaban J connectivity index is 1.67. The second kappa shape index (κ2) is 10.9. The molecule has 1 atom stereocenters. The molecule has 1 aromatic carbocycles. The lowest BCUT2D eigenvalue weighted by Gasteiger charge is -2.19. The summed E-state index contributed by atoms with van der Waals surface area (Å²) in [5, 5.41) is 12.3. The van der Waals surface area contributed by atoms with Crippen LogP contribution < -0.4 is 4.74 Å². The van der Waals surface area contributed by atoms with Gasteiger partial charge in [-0.1, -0.05) is 37.6 Å². The molecule has 0 amide bonds. The molecule has 0 aliphatic heterocycles. The summed E-state index contributed by atoms with van der Waals surface area (Å²) < 4.78 is 45.2. The second-order valence-electron chi connectivity index (χ2n) is 7.58. The minimum absolute atomic E-state index is 0.0272. The highest BCUT2D eigenvalue weighted by atomic mass is 19.4. The van der Waals surface area contributed by atoms with Crippen molar-refractivity contribution in [3.8, 4) is 11.7 Å². The third kappa shape index (κ3) is 6.63. The van der Waals surface area contributed by atoms with Crippen molar-refractivity contribution < 1.29 is 32.6 Å². The van der Waals surface area contributed by atoms with Crippen LogP contribution in [0.4, 0.5) is 13.2 Å². The first-order valence-electron chi connectivity index (χ1n) is 10.6. The van der Waals surface area contributed by atoms with E-state index < -0.39 is 17.7 Å². The van der Waals surface area contributed by atoms with Crippen molar-refractivity contribution in [2.75, 3.05) is 0 Å². The van der Waals surface area contributed by atoms with Crippen molar-refractivity contribution in [3.05, 3.63) is 65.7 Å². The molecule has 8 nitrogen and oxygen atoms in total. The third-order valence-electron chi connectivity index (χ3n) is 4.96. The molecule has 2 heterocycles. The number of benzene rings is 1. The fraction of sp³-hybridized carbons (Fsp3) is 0.348. The Morgan fingerprint density at radius 1 is 1.09 bits per heavy atom. The lowest BCUT2D eigenvalue weighted by molar-refractivity contribution is -0.138. The van der Waals surface area contributed by atoms with E-state index in [0.29, 0.717) is 23.9 Å². The lowest BCUT2D eigenvalue weighted by Crippen LogP contribution is -2.10. The van der Waals surface area contributed by atoms with Crippen LogP contribution in [0.3, 0.4) is 0 Å². The first-order valence-corrected chi connectivity index (χ1v) is 10.6. The molecular formula is C23H23F3N4O4. The molecule has 0 bridgehead atoms. The first-order chi connectivity index (χ1) is 16.2. The topological polar surface area (TPSA) is 107 Å². The van der Waals surface area contributed by atoms with Crippen molar-refractivity contribution in [3.63, 3.8) is 0 Å². The van der Waals surface area contributed by atoms with Gasteiger partial charge < -0.3 is 9.84 Å². The molecule has 2 aromatic heterocycles. The number of ether oxygens (including phenoxy) is 1. The van der Waals surface area contributed by atoms with Gasteiger partial charge in [-0.25, -0.2) is 14.6 Å². The van der Waals surface area contributed by atoms with E-state index in [1.807, 2.05) is 6.92 Å². The molecule has 11 heteroatoms. The van der Waals surface area contributed by atoms with E-state index in [0.717, 1.165) is 22.9 Å². The van der Waals surface area contributed by atoms with Gasteiger partial charge in [-0.15, -0.1) is 0 Å². The molecule has 180 valence electrons. The average Bonchev–Trinajstić information content (AvgIpc) is 3.30. The summed E-state index contributed by atoms with van der Waals surface area (Å²) in [7, 11) is 0. The molecule has 0 fully saturated rings. The van der Waals surface area contributed by atoms with Gasteiger partial charge in [-0.3, -0.25) is 9.59 Å². The van der Waals surface area contributed by atoms with Gasteiger partial charge >= 0.3 is 12.1 Å². The van der Waals surface area contributed by atoms with E-state index >= 15 is 0 Å². The van der Waals surface area contributed by atoms with Crippen LogP contribution in [0.5, 0.6) is 5.75 Å². The highest BCUT2D eigenvalue weighted by molar-refractivity contribution is 5.96. The number of aliphatic carboxylic acids is 1. The number of rotatable bonds is 11. The van der Waals surface area contributed by atoms with Crippen LogP contribution in [0.2, 0.25) is 0 Å².